The number of piperidine rings is 1. The Bertz CT molecular complexity index is 816. The van der Waals surface area contributed by atoms with Gasteiger partial charge in [0.25, 0.3) is 0 Å². The van der Waals surface area contributed by atoms with E-state index >= 15 is 0 Å². The fourth-order valence-corrected chi connectivity index (χ4v) is 4.07. The van der Waals surface area contributed by atoms with Crippen molar-refractivity contribution in [3.63, 3.8) is 0 Å². The first-order chi connectivity index (χ1) is 13.2. The van der Waals surface area contributed by atoms with Crippen LogP contribution in [0.3, 0.4) is 0 Å². The van der Waals surface area contributed by atoms with E-state index < -0.39 is 10.0 Å². The summed E-state index contributed by atoms with van der Waals surface area (Å²) in [4.78, 5) is 26.2. The maximum absolute atomic E-state index is 12.8. The van der Waals surface area contributed by atoms with Crippen LogP contribution >= 0.6 is 0 Å². The van der Waals surface area contributed by atoms with E-state index in [0.717, 1.165) is 16.1 Å². The summed E-state index contributed by atoms with van der Waals surface area (Å²) in [6, 6.07) is 5.17. The molecular formula is C19H28N2O6S. The number of ether oxygens (including phenoxy) is 2. The number of amides is 1. The van der Waals surface area contributed by atoms with Crippen LogP contribution in [0.4, 0.5) is 5.69 Å². The monoisotopic (exact) mass is 412 g/mol. The summed E-state index contributed by atoms with van der Waals surface area (Å²) in [6.45, 7) is 4.40. The molecule has 1 aromatic rings. The second kappa shape index (κ2) is 9.27. The van der Waals surface area contributed by atoms with Gasteiger partial charge in [0.1, 0.15) is 12.3 Å². The molecule has 156 valence electrons. The molecule has 0 saturated carbocycles. The van der Waals surface area contributed by atoms with Crippen molar-refractivity contribution < 1.29 is 27.5 Å². The van der Waals surface area contributed by atoms with Crippen molar-refractivity contribution in [3.05, 3.63) is 23.8 Å². The van der Waals surface area contributed by atoms with Crippen molar-refractivity contribution in [3.8, 4) is 5.75 Å². The average molecular weight is 413 g/mol. The fraction of sp³-hybridized carbons (Fsp3) is 0.579. The number of aryl methyl sites for hydroxylation is 1. The van der Waals surface area contributed by atoms with Gasteiger partial charge in [0.15, 0.2) is 0 Å². The highest BCUT2D eigenvalue weighted by molar-refractivity contribution is 7.92. The molecule has 1 aliphatic rings. The number of hydrogen-bond donors (Lipinski definition) is 0. The minimum atomic E-state index is -3.70. The average Bonchev–Trinajstić information content (AvgIpc) is 2.65. The number of rotatable bonds is 7. The van der Waals surface area contributed by atoms with Crippen molar-refractivity contribution in [2.75, 3.05) is 43.9 Å². The van der Waals surface area contributed by atoms with E-state index in [1.807, 2.05) is 13.0 Å². The van der Waals surface area contributed by atoms with Crippen LogP contribution in [0.2, 0.25) is 0 Å². The first kappa shape index (κ1) is 22.0. The first-order valence-corrected chi connectivity index (χ1v) is 11.1. The van der Waals surface area contributed by atoms with Crippen LogP contribution in [0.25, 0.3) is 0 Å². The van der Waals surface area contributed by atoms with Crippen LogP contribution in [0, 0.1) is 12.8 Å². The third kappa shape index (κ3) is 5.37. The Morgan fingerprint density at radius 3 is 2.43 bits per heavy atom. The summed E-state index contributed by atoms with van der Waals surface area (Å²) < 4.78 is 36.2. The zero-order valence-corrected chi connectivity index (χ0v) is 17.6. The minimum Gasteiger partial charge on any atom is -0.495 e. The summed E-state index contributed by atoms with van der Waals surface area (Å²) in [7, 11) is -2.25. The highest BCUT2D eigenvalue weighted by Gasteiger charge is 2.31. The molecule has 0 N–H and O–H groups in total. The molecule has 2 rings (SSSR count). The van der Waals surface area contributed by atoms with E-state index in [1.165, 1.54) is 7.11 Å². The van der Waals surface area contributed by atoms with E-state index in [4.69, 9.17) is 9.47 Å². The standard InChI is InChI=1S/C19H28N2O6S/c1-5-27-19(23)15-8-10-20(11-9-15)18(22)13-21(28(4,24)25)16-12-14(2)6-7-17(16)26-3/h6-7,12,15H,5,8-11,13H2,1-4H3. The van der Waals surface area contributed by atoms with Gasteiger partial charge < -0.3 is 14.4 Å². The number of likely N-dealkylation sites (tertiary alicyclic amines) is 1. The Morgan fingerprint density at radius 1 is 1.25 bits per heavy atom. The van der Waals surface area contributed by atoms with Crippen LogP contribution in [0.1, 0.15) is 25.3 Å². The van der Waals surface area contributed by atoms with Gasteiger partial charge in [0, 0.05) is 13.1 Å². The van der Waals surface area contributed by atoms with Gasteiger partial charge in [-0.3, -0.25) is 13.9 Å². The van der Waals surface area contributed by atoms with Crippen molar-refractivity contribution >= 4 is 27.6 Å². The van der Waals surface area contributed by atoms with Crippen LogP contribution in [-0.2, 0) is 24.3 Å². The minimum absolute atomic E-state index is 0.216. The molecule has 1 heterocycles. The van der Waals surface area contributed by atoms with Gasteiger partial charge in [0.2, 0.25) is 15.9 Å². The van der Waals surface area contributed by atoms with Crippen LogP contribution in [-0.4, -0.2) is 64.8 Å². The molecule has 1 amide bonds. The second-order valence-corrected chi connectivity index (χ2v) is 8.76. The van der Waals surface area contributed by atoms with E-state index in [0.29, 0.717) is 44.0 Å². The molecule has 0 aromatic heterocycles. The maximum Gasteiger partial charge on any atom is 0.309 e. The lowest BCUT2D eigenvalue weighted by atomic mass is 9.97. The van der Waals surface area contributed by atoms with Gasteiger partial charge in [-0.15, -0.1) is 0 Å². The molecule has 9 heteroatoms. The van der Waals surface area contributed by atoms with Crippen molar-refractivity contribution in [1.29, 1.82) is 0 Å². The predicted molar refractivity (Wildman–Crippen MR) is 106 cm³/mol. The topological polar surface area (TPSA) is 93.2 Å². The molecule has 0 radical (unpaired) electrons. The quantitative estimate of drug-likeness (QED) is 0.631. The Morgan fingerprint density at radius 2 is 1.89 bits per heavy atom. The molecule has 8 nitrogen and oxygen atoms in total. The molecule has 0 unspecified atom stereocenters. The molecular weight excluding hydrogens is 384 g/mol. The van der Waals surface area contributed by atoms with Crippen LogP contribution in [0.5, 0.6) is 5.75 Å². The third-order valence-electron chi connectivity index (χ3n) is 4.75. The Labute approximate surface area is 166 Å². The number of carbonyl (C=O) groups is 2. The highest BCUT2D eigenvalue weighted by atomic mass is 32.2. The zero-order chi connectivity index (χ0) is 20.9. The van der Waals surface area contributed by atoms with Gasteiger partial charge in [-0.1, -0.05) is 6.07 Å². The Balaban J connectivity index is 2.14. The summed E-state index contributed by atoms with van der Waals surface area (Å²) in [5.41, 5.74) is 1.19. The van der Waals surface area contributed by atoms with Gasteiger partial charge >= 0.3 is 5.97 Å². The summed E-state index contributed by atoms with van der Waals surface area (Å²) in [5, 5.41) is 0. The first-order valence-electron chi connectivity index (χ1n) is 9.24. The molecule has 28 heavy (non-hydrogen) atoms. The third-order valence-corrected chi connectivity index (χ3v) is 5.88. The Kier molecular flexibility index (Phi) is 7.29. The van der Waals surface area contributed by atoms with E-state index in [2.05, 4.69) is 0 Å². The number of nitrogens with zero attached hydrogens (tertiary/aromatic N) is 2. The largest absolute Gasteiger partial charge is 0.495 e. The van der Waals surface area contributed by atoms with Crippen LogP contribution in [0.15, 0.2) is 18.2 Å². The lowest BCUT2D eigenvalue weighted by Crippen LogP contribution is -2.46. The number of sulfonamides is 1. The number of carbonyl (C=O) groups excluding carboxylic acids is 2. The molecule has 1 aromatic carbocycles. The van der Waals surface area contributed by atoms with Crippen LogP contribution < -0.4 is 9.04 Å². The van der Waals surface area contributed by atoms with E-state index in [9.17, 15) is 18.0 Å². The van der Waals surface area contributed by atoms with Crippen molar-refractivity contribution in [1.82, 2.24) is 4.90 Å². The Hall–Kier alpha value is -2.29. The number of benzene rings is 1. The fourth-order valence-electron chi connectivity index (χ4n) is 3.22. The molecule has 1 saturated heterocycles. The van der Waals surface area contributed by atoms with Crippen molar-refractivity contribution in [2.45, 2.75) is 26.7 Å². The van der Waals surface area contributed by atoms with E-state index in [1.54, 1.807) is 24.0 Å². The number of methoxy groups -OCH3 is 1. The summed E-state index contributed by atoms with van der Waals surface area (Å²) in [5.74, 6) is -0.384. The SMILES string of the molecule is CCOC(=O)C1CCN(C(=O)CN(c2cc(C)ccc2OC)S(C)(=O)=O)CC1. The number of hydrogen-bond acceptors (Lipinski definition) is 6. The summed E-state index contributed by atoms with van der Waals surface area (Å²) >= 11 is 0. The van der Waals surface area contributed by atoms with Gasteiger partial charge in [0.05, 0.1) is 31.6 Å². The number of esters is 1. The molecule has 1 aliphatic heterocycles. The maximum atomic E-state index is 12.8. The molecule has 0 bridgehead atoms. The molecule has 0 atom stereocenters. The number of anilines is 1. The normalized spacial score (nSPS) is 15.2. The van der Waals surface area contributed by atoms with Gasteiger partial charge in [-0.2, -0.15) is 0 Å². The zero-order valence-electron chi connectivity index (χ0n) is 16.8. The predicted octanol–water partition coefficient (Wildman–Crippen LogP) is 1.57. The lowest BCUT2D eigenvalue weighted by Gasteiger charge is -2.33. The van der Waals surface area contributed by atoms with Crippen molar-refractivity contribution in [2.24, 2.45) is 5.92 Å². The smallest absolute Gasteiger partial charge is 0.309 e. The van der Waals surface area contributed by atoms with Gasteiger partial charge in [-0.25, -0.2) is 8.42 Å². The van der Waals surface area contributed by atoms with Gasteiger partial charge in [-0.05, 0) is 44.4 Å². The highest BCUT2D eigenvalue weighted by Crippen LogP contribution is 2.31. The lowest BCUT2D eigenvalue weighted by molar-refractivity contribution is -0.151. The second-order valence-electron chi connectivity index (χ2n) is 6.85. The molecule has 0 spiro atoms. The molecule has 0 aliphatic carbocycles. The molecule has 1 fully saturated rings. The summed E-state index contributed by atoms with van der Waals surface area (Å²) in [6.07, 6.45) is 2.09. The van der Waals surface area contributed by atoms with E-state index in [-0.39, 0.29) is 24.3 Å².